The van der Waals surface area contributed by atoms with Crippen molar-refractivity contribution < 1.29 is 18.9 Å². The minimum Gasteiger partial charge on any atom is -0.501 e. The highest BCUT2D eigenvalue weighted by atomic mass is 16.6. The van der Waals surface area contributed by atoms with E-state index in [1.807, 2.05) is 0 Å². The summed E-state index contributed by atoms with van der Waals surface area (Å²) in [5.41, 5.74) is 0. The Morgan fingerprint density at radius 2 is 1.70 bits per heavy atom. The third kappa shape index (κ3) is 2.06. The average molecular weight is 143 g/mol. The van der Waals surface area contributed by atoms with Gasteiger partial charge in [0.25, 0.3) is 0 Å². The quantitative estimate of drug-likeness (QED) is 0.395. The molecule has 1 rings (SSSR count). The molecule has 6 heteroatoms. The SMILES string of the molecule is O=C1CNCC(=O)OBO1. The second-order valence-corrected chi connectivity index (χ2v) is 1.75. The third-order valence-corrected chi connectivity index (χ3v) is 0.979. The molecule has 0 aromatic heterocycles. The summed E-state index contributed by atoms with van der Waals surface area (Å²) >= 11 is 0. The van der Waals surface area contributed by atoms with Gasteiger partial charge in [0, 0.05) is 0 Å². The fraction of sp³-hybridized carbons (Fsp3) is 0.500. The smallest absolute Gasteiger partial charge is 0.501 e. The van der Waals surface area contributed by atoms with Gasteiger partial charge in [-0.1, -0.05) is 0 Å². The molecule has 0 unspecified atom stereocenters. The Bertz CT molecular complexity index is 129. The minimum absolute atomic E-state index is 0.0646. The van der Waals surface area contributed by atoms with Gasteiger partial charge in [0.1, 0.15) is 0 Å². The summed E-state index contributed by atoms with van der Waals surface area (Å²) in [6, 6.07) is 0. The molecule has 0 aromatic rings. The summed E-state index contributed by atoms with van der Waals surface area (Å²) in [7, 11) is -0.265. The Balaban J connectivity index is 2.34. The number of nitrogens with one attached hydrogen (secondary N) is 1. The van der Waals surface area contributed by atoms with E-state index in [2.05, 4.69) is 14.6 Å². The Hall–Kier alpha value is -1.04. The second kappa shape index (κ2) is 3.21. The van der Waals surface area contributed by atoms with Crippen LogP contribution in [0.2, 0.25) is 0 Å². The summed E-state index contributed by atoms with van der Waals surface area (Å²) in [6.07, 6.45) is 0. The van der Waals surface area contributed by atoms with E-state index in [1.54, 1.807) is 0 Å². The number of hydrogen-bond acceptors (Lipinski definition) is 5. The van der Waals surface area contributed by atoms with Gasteiger partial charge in [0.2, 0.25) is 0 Å². The Kier molecular flexibility index (Phi) is 2.27. The van der Waals surface area contributed by atoms with Crippen LogP contribution in [-0.2, 0) is 18.9 Å². The van der Waals surface area contributed by atoms with Crippen molar-refractivity contribution in [2.24, 2.45) is 0 Å². The highest BCUT2D eigenvalue weighted by Crippen LogP contribution is 1.82. The largest absolute Gasteiger partial charge is 0.580 e. The zero-order valence-electron chi connectivity index (χ0n) is 5.25. The van der Waals surface area contributed by atoms with E-state index in [0.717, 1.165) is 0 Å². The summed E-state index contributed by atoms with van der Waals surface area (Å²) in [4.78, 5) is 20.9. The summed E-state index contributed by atoms with van der Waals surface area (Å²) in [6.45, 7) is 0.129. The maximum Gasteiger partial charge on any atom is 0.580 e. The summed E-state index contributed by atoms with van der Waals surface area (Å²) in [5, 5.41) is 2.54. The fourth-order valence-electron chi connectivity index (χ4n) is 0.530. The van der Waals surface area contributed by atoms with E-state index in [1.165, 1.54) is 0 Å². The van der Waals surface area contributed by atoms with Crippen molar-refractivity contribution in [1.82, 2.24) is 5.32 Å². The van der Waals surface area contributed by atoms with Crippen LogP contribution in [-0.4, -0.2) is 32.7 Å². The first kappa shape index (κ1) is 7.08. The highest BCUT2D eigenvalue weighted by Gasteiger charge is 2.12. The van der Waals surface area contributed by atoms with Crippen molar-refractivity contribution in [1.29, 1.82) is 0 Å². The van der Waals surface area contributed by atoms with Crippen LogP contribution in [0.25, 0.3) is 0 Å². The van der Waals surface area contributed by atoms with E-state index < -0.39 is 11.9 Å². The predicted octanol–water partition coefficient (Wildman–Crippen LogP) is -2.06. The molecule has 0 amide bonds. The molecule has 0 saturated carbocycles. The van der Waals surface area contributed by atoms with Crippen molar-refractivity contribution in [2.75, 3.05) is 13.1 Å². The minimum atomic E-state index is -0.410. The molecule has 0 spiro atoms. The lowest BCUT2D eigenvalue weighted by atomic mass is 10.3. The van der Waals surface area contributed by atoms with Crippen molar-refractivity contribution in [3.63, 3.8) is 0 Å². The predicted molar refractivity (Wildman–Crippen MR) is 32.2 cm³/mol. The normalized spacial score (nSPS) is 19.6. The van der Waals surface area contributed by atoms with Gasteiger partial charge in [-0.3, -0.25) is 14.9 Å². The molecule has 0 aromatic carbocycles. The molecule has 1 heterocycles. The molecule has 1 saturated heterocycles. The van der Waals surface area contributed by atoms with E-state index in [9.17, 15) is 9.59 Å². The van der Waals surface area contributed by atoms with Crippen LogP contribution in [0.15, 0.2) is 0 Å². The van der Waals surface area contributed by atoms with E-state index in [-0.39, 0.29) is 20.8 Å². The summed E-state index contributed by atoms with van der Waals surface area (Å²) in [5.74, 6) is -0.819. The first-order valence-electron chi connectivity index (χ1n) is 2.81. The Morgan fingerprint density at radius 3 is 2.20 bits per heavy atom. The van der Waals surface area contributed by atoms with Crippen LogP contribution >= 0.6 is 0 Å². The molecule has 10 heavy (non-hydrogen) atoms. The molecule has 54 valence electrons. The second-order valence-electron chi connectivity index (χ2n) is 1.75. The molecule has 1 N–H and O–H groups in total. The van der Waals surface area contributed by atoms with Gasteiger partial charge >= 0.3 is 19.6 Å². The van der Waals surface area contributed by atoms with Crippen molar-refractivity contribution in [3.8, 4) is 0 Å². The number of rotatable bonds is 0. The zero-order chi connectivity index (χ0) is 7.40. The van der Waals surface area contributed by atoms with Crippen LogP contribution in [0.1, 0.15) is 0 Å². The molecule has 0 atom stereocenters. The van der Waals surface area contributed by atoms with Crippen LogP contribution in [0, 0.1) is 0 Å². The van der Waals surface area contributed by atoms with E-state index in [4.69, 9.17) is 0 Å². The topological polar surface area (TPSA) is 64.6 Å². The number of carbonyl (C=O) groups is 2. The van der Waals surface area contributed by atoms with E-state index in [0.29, 0.717) is 0 Å². The van der Waals surface area contributed by atoms with Crippen molar-refractivity contribution in [2.45, 2.75) is 0 Å². The van der Waals surface area contributed by atoms with Gasteiger partial charge in [-0.15, -0.1) is 0 Å². The summed E-state index contributed by atoms with van der Waals surface area (Å²) < 4.78 is 8.82. The van der Waals surface area contributed by atoms with Gasteiger partial charge in [-0.25, -0.2) is 0 Å². The van der Waals surface area contributed by atoms with Crippen LogP contribution in [0.5, 0.6) is 0 Å². The van der Waals surface area contributed by atoms with Crippen LogP contribution in [0.3, 0.4) is 0 Å². The lowest BCUT2D eigenvalue weighted by molar-refractivity contribution is -0.140. The molecule has 5 nitrogen and oxygen atoms in total. The van der Waals surface area contributed by atoms with Gasteiger partial charge in [0.15, 0.2) is 0 Å². The first-order chi connectivity index (χ1) is 4.79. The van der Waals surface area contributed by atoms with Crippen molar-refractivity contribution in [3.05, 3.63) is 0 Å². The number of carbonyl (C=O) groups excluding carboxylic acids is 2. The maximum absolute atomic E-state index is 10.5. The Morgan fingerprint density at radius 1 is 1.20 bits per heavy atom. The molecular formula is C4H6BNO4. The van der Waals surface area contributed by atoms with Crippen molar-refractivity contribution >= 4 is 19.6 Å². The molecule has 1 aliphatic heterocycles. The lowest BCUT2D eigenvalue weighted by Crippen LogP contribution is -2.35. The molecule has 0 aliphatic carbocycles. The van der Waals surface area contributed by atoms with Gasteiger partial charge in [-0.05, 0) is 0 Å². The third-order valence-electron chi connectivity index (χ3n) is 0.979. The Labute approximate surface area is 58.0 Å². The molecule has 1 fully saturated rings. The monoisotopic (exact) mass is 143 g/mol. The average Bonchev–Trinajstić information content (AvgIpc) is 1.84. The van der Waals surface area contributed by atoms with E-state index >= 15 is 0 Å². The first-order valence-corrected chi connectivity index (χ1v) is 2.81. The number of hydrogen-bond donors (Lipinski definition) is 1. The molecule has 0 radical (unpaired) electrons. The standard InChI is InChI=1S/C4H6BNO4/c7-3-1-6-2-4(8)10-5-9-3/h5-6H,1-2H2. The maximum atomic E-state index is 10.5. The van der Waals surface area contributed by atoms with Gasteiger partial charge < -0.3 is 9.31 Å². The molecule has 1 aliphatic rings. The van der Waals surface area contributed by atoms with Crippen LogP contribution < -0.4 is 5.32 Å². The zero-order valence-corrected chi connectivity index (χ0v) is 5.25. The molecule has 0 bridgehead atoms. The lowest BCUT2D eigenvalue weighted by Gasteiger charge is -2.09. The van der Waals surface area contributed by atoms with Crippen LogP contribution in [0.4, 0.5) is 0 Å². The van der Waals surface area contributed by atoms with Gasteiger partial charge in [0.05, 0.1) is 13.1 Å². The van der Waals surface area contributed by atoms with Gasteiger partial charge in [-0.2, -0.15) is 0 Å². The molecular weight excluding hydrogens is 137 g/mol. The fourth-order valence-corrected chi connectivity index (χ4v) is 0.530. The highest BCUT2D eigenvalue weighted by molar-refractivity contribution is 6.26.